The number of primary amides is 1. The predicted molar refractivity (Wildman–Crippen MR) is 81.1 cm³/mol. The van der Waals surface area contributed by atoms with Gasteiger partial charge in [-0.1, -0.05) is 13.8 Å². The predicted octanol–water partition coefficient (Wildman–Crippen LogP) is 2.59. The van der Waals surface area contributed by atoms with Crippen molar-refractivity contribution in [2.24, 2.45) is 11.7 Å². The van der Waals surface area contributed by atoms with Gasteiger partial charge < -0.3 is 10.5 Å². The largest absolute Gasteiger partial charge is 0.493 e. The maximum Gasteiger partial charge on any atom is 0.248 e. The van der Waals surface area contributed by atoms with Gasteiger partial charge in [0.05, 0.1) is 12.2 Å². The van der Waals surface area contributed by atoms with Gasteiger partial charge in [0.1, 0.15) is 5.75 Å². The van der Waals surface area contributed by atoms with E-state index in [4.69, 9.17) is 10.5 Å². The summed E-state index contributed by atoms with van der Waals surface area (Å²) in [6.45, 7) is 6.56. The van der Waals surface area contributed by atoms with Gasteiger partial charge >= 0.3 is 0 Å². The first-order chi connectivity index (χ1) is 9.97. The number of rotatable bonds is 5. The van der Waals surface area contributed by atoms with Gasteiger partial charge in [-0.2, -0.15) is 0 Å². The van der Waals surface area contributed by atoms with E-state index in [1.54, 1.807) is 24.4 Å². The van der Waals surface area contributed by atoms with Crippen LogP contribution in [0.5, 0.6) is 5.75 Å². The molecule has 0 unspecified atom stereocenters. The molecule has 0 aliphatic carbocycles. The van der Waals surface area contributed by atoms with Gasteiger partial charge in [-0.3, -0.25) is 4.79 Å². The average Bonchev–Trinajstić information content (AvgIpc) is 2.44. The Kier molecular flexibility index (Phi) is 4.52. The smallest absolute Gasteiger partial charge is 0.248 e. The first-order valence-electron chi connectivity index (χ1n) is 6.84. The van der Waals surface area contributed by atoms with Gasteiger partial charge in [-0.05, 0) is 37.1 Å². The molecule has 5 heteroatoms. The van der Waals surface area contributed by atoms with Crippen molar-refractivity contribution in [2.75, 3.05) is 6.61 Å². The quantitative estimate of drug-likeness (QED) is 0.915. The molecule has 2 rings (SSSR count). The van der Waals surface area contributed by atoms with E-state index in [1.165, 1.54) is 0 Å². The number of aryl methyl sites for hydroxylation is 1. The molecule has 0 aliphatic heterocycles. The zero-order valence-electron chi connectivity index (χ0n) is 12.5. The number of carbonyl (C=O) groups excluding carboxylic acids is 1. The first kappa shape index (κ1) is 15.0. The van der Waals surface area contributed by atoms with Crippen molar-refractivity contribution >= 4 is 5.91 Å². The van der Waals surface area contributed by atoms with Crippen molar-refractivity contribution in [3.8, 4) is 17.1 Å². The van der Waals surface area contributed by atoms with Gasteiger partial charge in [-0.15, -0.1) is 0 Å². The summed E-state index contributed by atoms with van der Waals surface area (Å²) in [6, 6.07) is 6.90. The second-order valence-corrected chi connectivity index (χ2v) is 5.30. The molecule has 1 amide bonds. The molecule has 0 fully saturated rings. The third-order valence-electron chi connectivity index (χ3n) is 2.87. The number of nitrogens with two attached hydrogens (primary N) is 1. The van der Waals surface area contributed by atoms with Crippen molar-refractivity contribution in [1.82, 2.24) is 9.97 Å². The number of hydrogen-bond donors (Lipinski definition) is 1. The monoisotopic (exact) mass is 285 g/mol. The number of aromatic nitrogens is 2. The Balaban J connectivity index is 2.45. The van der Waals surface area contributed by atoms with E-state index in [2.05, 4.69) is 23.8 Å². The Morgan fingerprint density at radius 1 is 1.33 bits per heavy atom. The van der Waals surface area contributed by atoms with E-state index in [9.17, 15) is 4.79 Å². The summed E-state index contributed by atoms with van der Waals surface area (Å²) >= 11 is 0. The Hall–Kier alpha value is -2.43. The lowest BCUT2D eigenvalue weighted by Crippen LogP contribution is -2.12. The minimum atomic E-state index is -0.485. The summed E-state index contributed by atoms with van der Waals surface area (Å²) in [5.74, 6) is 1.03. The van der Waals surface area contributed by atoms with E-state index in [1.807, 2.05) is 13.0 Å². The van der Waals surface area contributed by atoms with Crippen LogP contribution in [0.3, 0.4) is 0 Å². The highest BCUT2D eigenvalue weighted by atomic mass is 16.5. The standard InChI is InChI=1S/C16H19N3O2/c1-10(2)9-21-14-8-12(15(17)20)4-5-13(14)16-18-7-6-11(3)19-16/h4-8,10H,9H2,1-3H3,(H2,17,20). The molecule has 2 aromatic rings. The van der Waals surface area contributed by atoms with Gasteiger partial charge in [0.25, 0.3) is 0 Å². The summed E-state index contributed by atoms with van der Waals surface area (Å²) in [5, 5.41) is 0. The van der Waals surface area contributed by atoms with Crippen LogP contribution in [-0.2, 0) is 0 Å². The highest BCUT2D eigenvalue weighted by molar-refractivity contribution is 5.94. The minimum Gasteiger partial charge on any atom is -0.493 e. The van der Waals surface area contributed by atoms with Crippen LogP contribution in [0.15, 0.2) is 30.5 Å². The third-order valence-corrected chi connectivity index (χ3v) is 2.87. The Labute approximate surface area is 124 Å². The number of carbonyl (C=O) groups is 1. The van der Waals surface area contributed by atoms with E-state index < -0.39 is 5.91 Å². The Morgan fingerprint density at radius 2 is 2.10 bits per heavy atom. The lowest BCUT2D eigenvalue weighted by atomic mass is 10.1. The summed E-state index contributed by atoms with van der Waals surface area (Å²) in [7, 11) is 0. The van der Waals surface area contributed by atoms with Crippen LogP contribution in [0.4, 0.5) is 0 Å². The maximum atomic E-state index is 11.3. The molecule has 5 nitrogen and oxygen atoms in total. The summed E-state index contributed by atoms with van der Waals surface area (Å²) in [5.41, 5.74) is 7.36. The Bertz CT molecular complexity index is 654. The van der Waals surface area contributed by atoms with Crippen molar-refractivity contribution in [3.05, 3.63) is 41.7 Å². The molecule has 0 saturated carbocycles. The van der Waals surface area contributed by atoms with Crippen molar-refractivity contribution in [3.63, 3.8) is 0 Å². The summed E-state index contributed by atoms with van der Waals surface area (Å²) < 4.78 is 5.80. The third kappa shape index (κ3) is 3.78. The van der Waals surface area contributed by atoms with Crippen LogP contribution in [0.25, 0.3) is 11.4 Å². The molecular weight excluding hydrogens is 266 g/mol. The van der Waals surface area contributed by atoms with E-state index in [0.717, 1.165) is 11.3 Å². The van der Waals surface area contributed by atoms with E-state index in [-0.39, 0.29) is 0 Å². The second-order valence-electron chi connectivity index (χ2n) is 5.30. The van der Waals surface area contributed by atoms with Gasteiger partial charge in [0.2, 0.25) is 5.91 Å². The van der Waals surface area contributed by atoms with Gasteiger partial charge in [0.15, 0.2) is 5.82 Å². The molecule has 0 saturated heterocycles. The highest BCUT2D eigenvalue weighted by Gasteiger charge is 2.13. The molecule has 1 aromatic carbocycles. The highest BCUT2D eigenvalue weighted by Crippen LogP contribution is 2.29. The van der Waals surface area contributed by atoms with Crippen LogP contribution in [0, 0.1) is 12.8 Å². The molecule has 0 spiro atoms. The van der Waals surface area contributed by atoms with Gasteiger partial charge in [-0.25, -0.2) is 9.97 Å². The minimum absolute atomic E-state index is 0.369. The number of benzene rings is 1. The summed E-state index contributed by atoms with van der Waals surface area (Å²) in [4.78, 5) is 20.0. The van der Waals surface area contributed by atoms with Crippen molar-refractivity contribution < 1.29 is 9.53 Å². The molecule has 1 heterocycles. The lowest BCUT2D eigenvalue weighted by Gasteiger charge is -2.13. The normalized spacial score (nSPS) is 10.7. The fraction of sp³-hybridized carbons (Fsp3) is 0.312. The average molecular weight is 285 g/mol. The first-order valence-corrected chi connectivity index (χ1v) is 6.84. The molecule has 0 atom stereocenters. The SMILES string of the molecule is Cc1ccnc(-c2ccc(C(N)=O)cc2OCC(C)C)n1. The maximum absolute atomic E-state index is 11.3. The number of amides is 1. The molecule has 0 radical (unpaired) electrons. The molecule has 1 aromatic heterocycles. The second kappa shape index (κ2) is 6.35. The number of nitrogens with zero attached hydrogens (tertiary/aromatic N) is 2. The molecule has 21 heavy (non-hydrogen) atoms. The van der Waals surface area contributed by atoms with Crippen LogP contribution in [-0.4, -0.2) is 22.5 Å². The van der Waals surface area contributed by atoms with Crippen molar-refractivity contribution in [2.45, 2.75) is 20.8 Å². The Morgan fingerprint density at radius 3 is 2.71 bits per heavy atom. The fourth-order valence-corrected chi connectivity index (χ4v) is 1.81. The van der Waals surface area contributed by atoms with Crippen LogP contribution < -0.4 is 10.5 Å². The number of hydrogen-bond acceptors (Lipinski definition) is 4. The van der Waals surface area contributed by atoms with Crippen LogP contribution in [0.1, 0.15) is 29.9 Å². The summed E-state index contributed by atoms with van der Waals surface area (Å²) in [6.07, 6.45) is 1.70. The molecule has 0 aliphatic rings. The topological polar surface area (TPSA) is 78.1 Å². The molecule has 110 valence electrons. The lowest BCUT2D eigenvalue weighted by molar-refractivity contribution is 0.1000. The molecule has 2 N–H and O–H groups in total. The molecule has 0 bridgehead atoms. The van der Waals surface area contributed by atoms with E-state index in [0.29, 0.717) is 29.7 Å². The van der Waals surface area contributed by atoms with Crippen LogP contribution in [0.2, 0.25) is 0 Å². The van der Waals surface area contributed by atoms with Crippen molar-refractivity contribution in [1.29, 1.82) is 0 Å². The zero-order chi connectivity index (χ0) is 15.4. The van der Waals surface area contributed by atoms with Gasteiger partial charge in [0, 0.05) is 17.5 Å². The van der Waals surface area contributed by atoms with Crippen LogP contribution >= 0.6 is 0 Å². The van der Waals surface area contributed by atoms with E-state index >= 15 is 0 Å². The molecular formula is C16H19N3O2. The fourth-order valence-electron chi connectivity index (χ4n) is 1.81. The number of ether oxygens (including phenoxy) is 1. The zero-order valence-corrected chi connectivity index (χ0v) is 12.5.